The van der Waals surface area contributed by atoms with Crippen molar-refractivity contribution in [1.29, 1.82) is 5.41 Å². The average molecular weight is 304 g/mol. The molecule has 1 aromatic rings. The molecule has 0 saturated carbocycles. The summed E-state index contributed by atoms with van der Waals surface area (Å²) < 4.78 is 0. The predicted octanol–water partition coefficient (Wildman–Crippen LogP) is -1.75. The average Bonchev–Trinajstić information content (AvgIpc) is 2.62. The summed E-state index contributed by atoms with van der Waals surface area (Å²) in [5.74, 6) is -2.39. The fourth-order valence-electron chi connectivity index (χ4n) is 2.06. The van der Waals surface area contributed by atoms with E-state index >= 15 is 0 Å². The van der Waals surface area contributed by atoms with Gasteiger partial charge in [-0.3, -0.25) is 20.3 Å². The van der Waals surface area contributed by atoms with Gasteiger partial charge in [0.1, 0.15) is 5.84 Å². The number of hydrogen-bond acceptors (Lipinski definition) is 5. The maximum absolute atomic E-state index is 11.9. The van der Waals surface area contributed by atoms with Crippen LogP contribution in [0, 0.1) is 5.41 Å². The van der Waals surface area contributed by atoms with Crippen LogP contribution >= 0.6 is 0 Å². The van der Waals surface area contributed by atoms with Gasteiger partial charge in [0, 0.05) is 0 Å². The Bertz CT molecular complexity index is 763. The molecule has 1 heterocycles. The molecule has 11 N–H and O–H groups in total. The largest absolute Gasteiger partial charge is 0.384 e. The molecule has 0 aliphatic carbocycles. The number of imide groups is 1. The molecule has 1 aliphatic rings. The van der Waals surface area contributed by atoms with Gasteiger partial charge in [0.25, 0.3) is 11.8 Å². The van der Waals surface area contributed by atoms with Gasteiger partial charge < -0.3 is 28.3 Å². The zero-order valence-corrected chi connectivity index (χ0v) is 11.1. The molecule has 4 amide bonds. The number of urea groups is 1. The van der Waals surface area contributed by atoms with Crippen LogP contribution in [0.25, 0.3) is 0 Å². The molecule has 0 atom stereocenters. The molecule has 1 aliphatic heterocycles. The first-order valence-electron chi connectivity index (χ1n) is 5.79. The number of carbonyl (C=O) groups excluding carboxylic acids is 3. The number of benzene rings is 1. The fourth-order valence-corrected chi connectivity index (χ4v) is 2.06. The minimum Gasteiger partial charge on any atom is -0.384 e. The molecule has 2 rings (SSSR count). The first-order chi connectivity index (χ1) is 10.2. The van der Waals surface area contributed by atoms with E-state index in [0.717, 1.165) is 0 Å². The lowest BCUT2D eigenvalue weighted by atomic mass is 9.99. The highest BCUT2D eigenvalue weighted by atomic mass is 16.2. The summed E-state index contributed by atoms with van der Waals surface area (Å²) in [5, 5.41) is 11.9. The Morgan fingerprint density at radius 2 is 1.82 bits per heavy atom. The number of amides is 4. The molecule has 1 aromatic carbocycles. The van der Waals surface area contributed by atoms with Crippen LogP contribution in [0.15, 0.2) is 11.1 Å². The molecule has 0 aromatic heterocycles. The molecule has 0 bridgehead atoms. The Hall–Kier alpha value is -3.63. The van der Waals surface area contributed by atoms with E-state index in [-0.39, 0.29) is 28.1 Å². The van der Waals surface area contributed by atoms with Crippen molar-refractivity contribution in [3.63, 3.8) is 0 Å². The number of nitrogens with zero attached hydrogens (tertiary/aromatic N) is 1. The van der Waals surface area contributed by atoms with Crippen LogP contribution < -0.4 is 33.6 Å². The number of anilines is 1. The number of amidine groups is 1. The van der Waals surface area contributed by atoms with Gasteiger partial charge in [-0.1, -0.05) is 0 Å². The van der Waals surface area contributed by atoms with Gasteiger partial charge in [0.2, 0.25) is 0 Å². The third-order valence-corrected chi connectivity index (χ3v) is 2.77. The van der Waals surface area contributed by atoms with Crippen molar-refractivity contribution in [1.82, 2.24) is 5.32 Å². The molecular weight excluding hydrogens is 292 g/mol. The van der Waals surface area contributed by atoms with Crippen LogP contribution in [-0.2, 0) is 0 Å². The number of aliphatic imine (C=N–C) groups is 1. The second-order valence-electron chi connectivity index (χ2n) is 4.29. The molecule has 0 spiro atoms. The fraction of sp³-hybridized carbons (Fsp3) is 0. The number of guanidine groups is 1. The molecular formula is C11H12N8O3. The summed E-state index contributed by atoms with van der Waals surface area (Å²) >= 11 is 0. The van der Waals surface area contributed by atoms with Crippen LogP contribution in [0.1, 0.15) is 26.3 Å². The van der Waals surface area contributed by atoms with Crippen molar-refractivity contribution in [2.24, 2.45) is 27.9 Å². The van der Waals surface area contributed by atoms with Crippen LogP contribution in [0.5, 0.6) is 0 Å². The molecule has 0 saturated heterocycles. The van der Waals surface area contributed by atoms with E-state index in [2.05, 4.69) is 15.6 Å². The van der Waals surface area contributed by atoms with E-state index in [9.17, 15) is 14.4 Å². The highest BCUT2D eigenvalue weighted by molar-refractivity contribution is 6.27. The van der Waals surface area contributed by atoms with Gasteiger partial charge in [0.15, 0.2) is 5.96 Å². The van der Waals surface area contributed by atoms with Crippen molar-refractivity contribution in [3.05, 3.63) is 22.8 Å². The molecule has 0 radical (unpaired) electrons. The zero-order chi connectivity index (χ0) is 16.6. The first-order valence-corrected chi connectivity index (χ1v) is 5.79. The lowest BCUT2D eigenvalue weighted by Gasteiger charge is -2.14. The number of hydrogen-bond donors (Lipinski definition) is 7. The molecule has 22 heavy (non-hydrogen) atoms. The summed E-state index contributed by atoms with van der Waals surface area (Å²) in [6.07, 6.45) is 0. The summed E-state index contributed by atoms with van der Waals surface area (Å²) in [7, 11) is 0. The van der Waals surface area contributed by atoms with E-state index in [1.807, 2.05) is 0 Å². The quantitative estimate of drug-likeness (QED) is 0.195. The van der Waals surface area contributed by atoms with Crippen molar-refractivity contribution >= 4 is 41.0 Å². The monoisotopic (exact) mass is 304 g/mol. The van der Waals surface area contributed by atoms with Gasteiger partial charge in [-0.2, -0.15) is 0 Å². The third kappa shape index (κ3) is 2.37. The number of primary amides is 1. The van der Waals surface area contributed by atoms with Gasteiger partial charge in [-0.05, 0) is 6.07 Å². The molecule has 114 valence electrons. The van der Waals surface area contributed by atoms with Crippen molar-refractivity contribution < 1.29 is 14.4 Å². The van der Waals surface area contributed by atoms with Crippen LogP contribution in [-0.4, -0.2) is 29.6 Å². The SMILES string of the molecule is N=C(N)c1c(NC(N)=O)cc2c(c1N=C(N)N)C(=O)NC2=O. The number of nitrogen functional groups attached to an aromatic ring is 1. The lowest BCUT2D eigenvalue weighted by molar-refractivity contribution is 0.0880. The first kappa shape index (κ1) is 14.8. The minimum absolute atomic E-state index is 0.0661. The summed E-state index contributed by atoms with van der Waals surface area (Å²) in [6, 6.07) is 0.214. The minimum atomic E-state index is -0.956. The Morgan fingerprint density at radius 1 is 1.18 bits per heavy atom. The van der Waals surface area contributed by atoms with Crippen molar-refractivity contribution in [2.45, 2.75) is 0 Å². The number of nitrogens with one attached hydrogen (secondary N) is 3. The van der Waals surface area contributed by atoms with E-state index in [0.29, 0.717) is 0 Å². The summed E-state index contributed by atoms with van der Waals surface area (Å²) in [5.41, 5.74) is 20.5. The second-order valence-corrected chi connectivity index (χ2v) is 4.29. The Balaban J connectivity index is 2.90. The number of carbonyl (C=O) groups is 3. The van der Waals surface area contributed by atoms with Gasteiger partial charge in [0.05, 0.1) is 28.1 Å². The molecule has 11 nitrogen and oxygen atoms in total. The number of rotatable bonds is 3. The highest BCUT2D eigenvalue weighted by Crippen LogP contribution is 2.36. The highest BCUT2D eigenvalue weighted by Gasteiger charge is 2.34. The van der Waals surface area contributed by atoms with Crippen LogP contribution in [0.4, 0.5) is 16.2 Å². The topological polar surface area (TPSA) is 216 Å². The maximum atomic E-state index is 11.9. The van der Waals surface area contributed by atoms with Gasteiger partial charge in [-0.15, -0.1) is 0 Å². The van der Waals surface area contributed by atoms with Gasteiger partial charge in [-0.25, -0.2) is 9.79 Å². The lowest BCUT2D eigenvalue weighted by Crippen LogP contribution is -2.25. The molecule has 0 unspecified atom stereocenters. The summed E-state index contributed by atoms with van der Waals surface area (Å²) in [6.45, 7) is 0. The maximum Gasteiger partial charge on any atom is 0.316 e. The third-order valence-electron chi connectivity index (χ3n) is 2.77. The second kappa shape index (κ2) is 5.05. The van der Waals surface area contributed by atoms with Gasteiger partial charge >= 0.3 is 6.03 Å². The molecule has 11 heteroatoms. The van der Waals surface area contributed by atoms with Crippen LogP contribution in [0.2, 0.25) is 0 Å². The zero-order valence-electron chi connectivity index (χ0n) is 11.1. The van der Waals surface area contributed by atoms with Crippen molar-refractivity contribution in [3.8, 4) is 0 Å². The smallest absolute Gasteiger partial charge is 0.316 e. The normalized spacial score (nSPS) is 12.4. The Kier molecular flexibility index (Phi) is 3.39. The van der Waals surface area contributed by atoms with E-state index in [4.69, 9.17) is 28.3 Å². The Labute approximate surface area is 123 Å². The standard InChI is InChI=1S/C11H12N8O3/c12-7(13)5-3(17-11(16)22)1-2-4(6(5)18-10(14)15)9(21)19-8(2)20/h1H,(H3,12,13)(H4,14,15,18)(H3,16,17,22)(H,19,20,21). The van der Waals surface area contributed by atoms with E-state index in [1.54, 1.807) is 0 Å². The van der Waals surface area contributed by atoms with Crippen molar-refractivity contribution in [2.75, 3.05) is 5.32 Å². The number of nitrogens with two attached hydrogens (primary N) is 4. The van der Waals surface area contributed by atoms with E-state index < -0.39 is 29.6 Å². The summed E-state index contributed by atoms with van der Waals surface area (Å²) in [4.78, 5) is 38.5. The van der Waals surface area contributed by atoms with Crippen LogP contribution in [0.3, 0.4) is 0 Å². The molecule has 0 fully saturated rings. The Morgan fingerprint density at radius 3 is 2.32 bits per heavy atom. The predicted molar refractivity (Wildman–Crippen MR) is 77.9 cm³/mol. The number of fused-ring (bicyclic) bond motifs is 1. The van der Waals surface area contributed by atoms with E-state index in [1.165, 1.54) is 6.07 Å².